The molecule has 0 fully saturated rings. The first-order chi connectivity index (χ1) is 6.83. The molecule has 0 radical (unpaired) electrons. The minimum absolute atomic E-state index is 0.658. The van der Waals surface area contributed by atoms with E-state index in [1.54, 1.807) is 6.20 Å². The Morgan fingerprint density at radius 3 is 3.07 bits per heavy atom. The standard InChI is InChI=1S/C10H18ClN3/c1-10(3-4-11)9-12-6-8-14-7-2-5-13-14/h2,5,7,10,12H,3-4,6,8-9H2,1H3. The Kier molecular flexibility index (Phi) is 5.64. The maximum atomic E-state index is 5.65. The Bertz CT molecular complexity index is 223. The summed E-state index contributed by atoms with van der Waals surface area (Å²) in [6.45, 7) is 5.15. The number of nitrogens with one attached hydrogen (secondary N) is 1. The van der Waals surface area contributed by atoms with Crippen LogP contribution < -0.4 is 5.32 Å². The number of hydrogen-bond donors (Lipinski definition) is 1. The van der Waals surface area contributed by atoms with Gasteiger partial charge in [-0.15, -0.1) is 11.6 Å². The molecule has 0 bridgehead atoms. The first-order valence-electron chi connectivity index (χ1n) is 5.07. The molecule has 1 rings (SSSR count). The quantitative estimate of drug-likeness (QED) is 0.555. The topological polar surface area (TPSA) is 29.9 Å². The lowest BCUT2D eigenvalue weighted by atomic mass is 10.1. The van der Waals surface area contributed by atoms with E-state index in [4.69, 9.17) is 11.6 Å². The van der Waals surface area contributed by atoms with Gasteiger partial charge in [-0.3, -0.25) is 4.68 Å². The van der Waals surface area contributed by atoms with Gasteiger partial charge in [-0.1, -0.05) is 6.92 Å². The van der Waals surface area contributed by atoms with Gasteiger partial charge in [-0.05, 0) is 24.9 Å². The van der Waals surface area contributed by atoms with Crippen molar-refractivity contribution in [2.75, 3.05) is 19.0 Å². The molecule has 0 saturated carbocycles. The van der Waals surface area contributed by atoms with E-state index in [9.17, 15) is 0 Å². The van der Waals surface area contributed by atoms with Gasteiger partial charge in [0.05, 0.1) is 6.54 Å². The van der Waals surface area contributed by atoms with Crippen molar-refractivity contribution in [3.63, 3.8) is 0 Å². The fourth-order valence-electron chi connectivity index (χ4n) is 1.26. The molecule has 0 amide bonds. The number of alkyl halides is 1. The molecule has 1 N–H and O–H groups in total. The van der Waals surface area contributed by atoms with Crippen LogP contribution in [0.2, 0.25) is 0 Å². The van der Waals surface area contributed by atoms with E-state index in [0.29, 0.717) is 5.92 Å². The number of hydrogen-bond acceptors (Lipinski definition) is 2. The van der Waals surface area contributed by atoms with Crippen molar-refractivity contribution in [2.24, 2.45) is 5.92 Å². The summed E-state index contributed by atoms with van der Waals surface area (Å²) >= 11 is 5.65. The number of nitrogens with zero attached hydrogens (tertiary/aromatic N) is 2. The van der Waals surface area contributed by atoms with Gasteiger partial charge >= 0.3 is 0 Å². The molecule has 1 heterocycles. The average molecular weight is 216 g/mol. The number of rotatable bonds is 7. The summed E-state index contributed by atoms with van der Waals surface area (Å²) in [5.41, 5.74) is 0. The van der Waals surface area contributed by atoms with Crippen LogP contribution in [0.15, 0.2) is 18.5 Å². The smallest absolute Gasteiger partial charge is 0.0533 e. The Morgan fingerprint density at radius 2 is 2.43 bits per heavy atom. The van der Waals surface area contributed by atoms with Crippen molar-refractivity contribution < 1.29 is 0 Å². The second-order valence-corrected chi connectivity index (χ2v) is 3.93. The fraction of sp³-hybridized carbons (Fsp3) is 0.700. The number of aromatic nitrogens is 2. The van der Waals surface area contributed by atoms with E-state index < -0.39 is 0 Å². The van der Waals surface area contributed by atoms with Crippen molar-refractivity contribution in [3.05, 3.63) is 18.5 Å². The summed E-state index contributed by atoms with van der Waals surface area (Å²) in [5, 5.41) is 7.51. The van der Waals surface area contributed by atoms with Gasteiger partial charge in [0.2, 0.25) is 0 Å². The third kappa shape index (κ3) is 4.63. The van der Waals surface area contributed by atoms with Crippen molar-refractivity contribution in [1.29, 1.82) is 0 Å². The first kappa shape index (κ1) is 11.5. The van der Waals surface area contributed by atoms with Gasteiger partial charge in [-0.25, -0.2) is 0 Å². The van der Waals surface area contributed by atoms with Crippen LogP contribution in [0.5, 0.6) is 0 Å². The molecule has 4 heteroatoms. The molecular weight excluding hydrogens is 198 g/mol. The van der Waals surface area contributed by atoms with Gasteiger partial charge in [0.15, 0.2) is 0 Å². The highest BCUT2D eigenvalue weighted by Gasteiger charge is 1.99. The van der Waals surface area contributed by atoms with Crippen molar-refractivity contribution in [2.45, 2.75) is 19.9 Å². The number of halogens is 1. The summed E-state index contributed by atoms with van der Waals surface area (Å²) in [7, 11) is 0. The second-order valence-electron chi connectivity index (χ2n) is 3.56. The Morgan fingerprint density at radius 1 is 1.57 bits per heavy atom. The third-order valence-electron chi connectivity index (χ3n) is 2.17. The van der Waals surface area contributed by atoms with Crippen LogP contribution in [0.25, 0.3) is 0 Å². The van der Waals surface area contributed by atoms with Gasteiger partial charge in [-0.2, -0.15) is 5.10 Å². The highest BCUT2D eigenvalue weighted by molar-refractivity contribution is 6.17. The van der Waals surface area contributed by atoms with E-state index >= 15 is 0 Å². The maximum absolute atomic E-state index is 5.65. The van der Waals surface area contributed by atoms with E-state index in [1.807, 2.05) is 16.9 Å². The van der Waals surface area contributed by atoms with Crippen LogP contribution >= 0.6 is 11.6 Å². The molecule has 0 aliphatic carbocycles. The molecule has 0 spiro atoms. The highest BCUT2D eigenvalue weighted by Crippen LogP contribution is 2.00. The van der Waals surface area contributed by atoms with Crippen molar-refractivity contribution >= 4 is 11.6 Å². The molecule has 1 aromatic heterocycles. The fourth-order valence-corrected chi connectivity index (χ4v) is 1.64. The van der Waals surface area contributed by atoms with E-state index in [0.717, 1.165) is 31.9 Å². The molecular formula is C10H18ClN3. The van der Waals surface area contributed by atoms with Crippen LogP contribution in [-0.2, 0) is 6.54 Å². The second kappa shape index (κ2) is 6.85. The zero-order valence-corrected chi connectivity index (χ0v) is 9.37. The van der Waals surface area contributed by atoms with E-state index in [1.165, 1.54) is 0 Å². The lowest BCUT2D eigenvalue weighted by Crippen LogP contribution is -2.25. The minimum Gasteiger partial charge on any atom is -0.315 e. The summed E-state index contributed by atoms with van der Waals surface area (Å²) in [6.07, 6.45) is 4.86. The third-order valence-corrected chi connectivity index (χ3v) is 2.39. The SMILES string of the molecule is CC(CCCl)CNCCn1cccn1. The lowest BCUT2D eigenvalue weighted by Gasteiger charge is -2.10. The largest absolute Gasteiger partial charge is 0.315 e. The molecule has 14 heavy (non-hydrogen) atoms. The first-order valence-corrected chi connectivity index (χ1v) is 5.60. The van der Waals surface area contributed by atoms with Gasteiger partial charge in [0, 0.05) is 24.8 Å². The predicted molar refractivity (Wildman–Crippen MR) is 59.6 cm³/mol. The molecule has 1 aromatic rings. The monoisotopic (exact) mass is 215 g/mol. The zero-order valence-electron chi connectivity index (χ0n) is 8.62. The van der Waals surface area contributed by atoms with Crippen LogP contribution in [0, 0.1) is 5.92 Å². The molecule has 0 aliphatic rings. The summed E-state index contributed by atoms with van der Waals surface area (Å²) in [5.74, 6) is 1.41. The van der Waals surface area contributed by atoms with Crippen molar-refractivity contribution in [3.8, 4) is 0 Å². The van der Waals surface area contributed by atoms with Crippen LogP contribution in [0.3, 0.4) is 0 Å². The van der Waals surface area contributed by atoms with E-state index in [2.05, 4.69) is 17.3 Å². The Hall–Kier alpha value is -0.540. The Labute approximate surface area is 90.4 Å². The lowest BCUT2D eigenvalue weighted by molar-refractivity contribution is 0.476. The summed E-state index contributed by atoms with van der Waals surface area (Å²) < 4.78 is 1.93. The average Bonchev–Trinajstić information content (AvgIpc) is 2.65. The Balaban J connectivity index is 1.99. The predicted octanol–water partition coefficient (Wildman–Crippen LogP) is 1.74. The molecule has 0 aromatic carbocycles. The van der Waals surface area contributed by atoms with Crippen LogP contribution in [-0.4, -0.2) is 28.8 Å². The normalized spacial score (nSPS) is 13.0. The molecule has 0 saturated heterocycles. The van der Waals surface area contributed by atoms with Gasteiger partial charge < -0.3 is 5.32 Å². The summed E-state index contributed by atoms with van der Waals surface area (Å²) in [6, 6.07) is 1.94. The molecule has 1 unspecified atom stereocenters. The van der Waals surface area contributed by atoms with Crippen molar-refractivity contribution in [1.82, 2.24) is 15.1 Å². The maximum Gasteiger partial charge on any atom is 0.0533 e. The molecule has 3 nitrogen and oxygen atoms in total. The minimum atomic E-state index is 0.658. The summed E-state index contributed by atoms with van der Waals surface area (Å²) in [4.78, 5) is 0. The molecule has 0 aliphatic heterocycles. The molecule has 1 atom stereocenters. The zero-order chi connectivity index (χ0) is 10.2. The van der Waals surface area contributed by atoms with Gasteiger partial charge in [0.1, 0.15) is 0 Å². The highest BCUT2D eigenvalue weighted by atomic mass is 35.5. The van der Waals surface area contributed by atoms with E-state index in [-0.39, 0.29) is 0 Å². The van der Waals surface area contributed by atoms with Gasteiger partial charge in [0.25, 0.3) is 0 Å². The van der Waals surface area contributed by atoms with Crippen LogP contribution in [0.4, 0.5) is 0 Å². The van der Waals surface area contributed by atoms with Crippen LogP contribution in [0.1, 0.15) is 13.3 Å². The molecule has 80 valence electrons.